The lowest BCUT2D eigenvalue weighted by atomic mass is 9.77. The van der Waals surface area contributed by atoms with Gasteiger partial charge in [-0.25, -0.2) is 9.59 Å². The number of methoxy groups -OCH3 is 1. The van der Waals surface area contributed by atoms with E-state index < -0.39 is 11.9 Å². The Morgan fingerprint density at radius 3 is 2.35 bits per heavy atom. The molecule has 2 aliphatic carbocycles. The van der Waals surface area contributed by atoms with Gasteiger partial charge < -0.3 is 24.3 Å². The average Bonchev–Trinajstić information content (AvgIpc) is 3.31. The molecule has 1 aliphatic heterocycles. The van der Waals surface area contributed by atoms with Crippen LogP contribution in [-0.4, -0.2) is 77.0 Å². The number of nitrogens with zero attached hydrogens (tertiary/aromatic N) is 2. The van der Waals surface area contributed by atoms with E-state index in [9.17, 15) is 14.4 Å². The van der Waals surface area contributed by atoms with Gasteiger partial charge in [0.25, 0.3) is 0 Å². The predicted molar refractivity (Wildman–Crippen MR) is 151 cm³/mol. The van der Waals surface area contributed by atoms with Crippen LogP contribution in [0, 0.1) is 5.92 Å². The lowest BCUT2D eigenvalue weighted by Gasteiger charge is -2.41. The minimum absolute atomic E-state index is 0.0258. The number of hydrogen-bond donors (Lipinski definition) is 2. The van der Waals surface area contributed by atoms with Gasteiger partial charge in [-0.05, 0) is 75.8 Å². The molecule has 2 atom stereocenters. The Hall–Kier alpha value is -3.43. The molecule has 0 radical (unpaired) electrons. The third kappa shape index (κ3) is 6.64. The molecule has 0 spiro atoms. The number of benzene rings is 1. The molecular weight excluding hydrogens is 512 g/mol. The number of esters is 1. The highest BCUT2D eigenvalue weighted by atomic mass is 16.5. The fraction of sp³-hybridized carbons (Fsp3) is 0.516. The molecule has 3 aliphatic rings. The number of carboxylic acid groups (broad SMARTS) is 2. The summed E-state index contributed by atoms with van der Waals surface area (Å²) in [5.41, 5.74) is 5.44. The molecule has 1 saturated carbocycles. The minimum atomic E-state index is -1.26. The first-order valence-corrected chi connectivity index (χ1v) is 13.9. The number of hydrogen-bond acceptors (Lipinski definition) is 6. The lowest BCUT2D eigenvalue weighted by molar-refractivity contribution is -0.149. The smallest absolute Gasteiger partial charge is 0.328 e. The largest absolute Gasteiger partial charge is 0.478 e. The molecular formula is C31H40N2O7. The number of ether oxygens (including phenoxy) is 2. The number of aromatic nitrogens is 1. The summed E-state index contributed by atoms with van der Waals surface area (Å²) in [5, 5.41) is 17.1. The summed E-state index contributed by atoms with van der Waals surface area (Å²) in [6.07, 6.45) is 10.9. The number of rotatable bonds is 7. The van der Waals surface area contributed by atoms with Gasteiger partial charge in [0, 0.05) is 60.9 Å². The summed E-state index contributed by atoms with van der Waals surface area (Å²) in [4.78, 5) is 34.2. The molecule has 0 amide bonds. The Bertz CT molecular complexity index is 1280. The van der Waals surface area contributed by atoms with Crippen LogP contribution in [-0.2, 0) is 30.3 Å². The summed E-state index contributed by atoms with van der Waals surface area (Å²) in [6.45, 7) is 5.77. The third-order valence-corrected chi connectivity index (χ3v) is 8.27. The summed E-state index contributed by atoms with van der Waals surface area (Å²) < 4.78 is 13.7. The van der Waals surface area contributed by atoms with Crippen molar-refractivity contribution in [3.63, 3.8) is 0 Å². The maximum atomic E-state index is 12.7. The fourth-order valence-corrected chi connectivity index (χ4v) is 6.27. The Morgan fingerprint density at radius 2 is 1.75 bits per heavy atom. The Kier molecular flexibility index (Phi) is 9.48. The zero-order valence-corrected chi connectivity index (χ0v) is 23.7. The van der Waals surface area contributed by atoms with Crippen LogP contribution in [0.2, 0.25) is 0 Å². The first kappa shape index (κ1) is 29.6. The van der Waals surface area contributed by atoms with Crippen molar-refractivity contribution >= 4 is 28.8 Å². The summed E-state index contributed by atoms with van der Waals surface area (Å²) in [6, 6.07) is 7.64. The van der Waals surface area contributed by atoms with Gasteiger partial charge in [0.05, 0.1) is 12.0 Å². The molecule has 5 rings (SSSR count). The van der Waals surface area contributed by atoms with E-state index in [1.54, 1.807) is 7.11 Å². The van der Waals surface area contributed by atoms with Crippen molar-refractivity contribution in [2.45, 2.75) is 70.1 Å². The van der Waals surface area contributed by atoms with Gasteiger partial charge in [0.2, 0.25) is 0 Å². The van der Waals surface area contributed by atoms with E-state index in [0.717, 1.165) is 38.6 Å². The van der Waals surface area contributed by atoms with Crippen molar-refractivity contribution in [2.75, 3.05) is 27.3 Å². The van der Waals surface area contributed by atoms with Crippen molar-refractivity contribution in [3.05, 3.63) is 59.3 Å². The minimum Gasteiger partial charge on any atom is -0.478 e. The van der Waals surface area contributed by atoms with Crippen molar-refractivity contribution in [1.29, 1.82) is 0 Å². The van der Waals surface area contributed by atoms with Crippen LogP contribution in [0.4, 0.5) is 0 Å². The lowest BCUT2D eigenvalue weighted by Crippen LogP contribution is -2.44. The molecule has 2 heterocycles. The Balaban J connectivity index is 0.000000406. The van der Waals surface area contributed by atoms with Gasteiger partial charge in [-0.2, -0.15) is 0 Å². The van der Waals surface area contributed by atoms with E-state index in [1.165, 1.54) is 27.6 Å². The number of carboxylic acids is 2. The van der Waals surface area contributed by atoms with Crippen LogP contribution in [0.3, 0.4) is 0 Å². The SMILES string of the molecule is COC1CCC(C(=O)OCC2=C[C@@H]3c4cccc5c4c(cn5C(C)C)C[C@H]3N(C)C2)CC1.O=C(O)/C=C\C(=O)O. The molecule has 0 unspecified atom stereocenters. The molecule has 0 saturated heterocycles. The van der Waals surface area contributed by atoms with Crippen molar-refractivity contribution in [1.82, 2.24) is 9.47 Å². The monoisotopic (exact) mass is 552 g/mol. The molecule has 9 heteroatoms. The van der Waals surface area contributed by atoms with Gasteiger partial charge in [-0.15, -0.1) is 0 Å². The maximum Gasteiger partial charge on any atom is 0.328 e. The number of carbonyl (C=O) groups excluding carboxylic acids is 1. The van der Waals surface area contributed by atoms with E-state index in [1.807, 2.05) is 0 Å². The number of fused-ring (bicyclic) bond motifs is 2. The molecule has 216 valence electrons. The molecule has 2 N–H and O–H groups in total. The molecule has 2 aromatic rings. The molecule has 40 heavy (non-hydrogen) atoms. The number of aliphatic carboxylic acids is 2. The molecule has 0 bridgehead atoms. The highest BCUT2D eigenvalue weighted by molar-refractivity contribution is 5.90. The van der Waals surface area contributed by atoms with Gasteiger partial charge in [-0.1, -0.05) is 18.2 Å². The predicted octanol–water partition coefficient (Wildman–Crippen LogP) is 4.56. The summed E-state index contributed by atoms with van der Waals surface area (Å²) in [7, 11) is 3.97. The van der Waals surface area contributed by atoms with Crippen LogP contribution in [0.15, 0.2) is 48.2 Å². The van der Waals surface area contributed by atoms with Gasteiger partial charge >= 0.3 is 17.9 Å². The highest BCUT2D eigenvalue weighted by Crippen LogP contribution is 2.43. The zero-order valence-electron chi connectivity index (χ0n) is 23.7. The van der Waals surface area contributed by atoms with Gasteiger partial charge in [0.1, 0.15) is 6.61 Å². The Morgan fingerprint density at radius 1 is 1.07 bits per heavy atom. The van der Waals surface area contributed by atoms with Gasteiger partial charge in [0.15, 0.2) is 0 Å². The second kappa shape index (κ2) is 12.8. The van der Waals surface area contributed by atoms with E-state index >= 15 is 0 Å². The van der Waals surface area contributed by atoms with E-state index in [0.29, 0.717) is 42.9 Å². The summed E-state index contributed by atoms with van der Waals surface area (Å²) in [5.74, 6) is -2.18. The first-order valence-electron chi connectivity index (χ1n) is 13.9. The second-order valence-electron chi connectivity index (χ2n) is 11.3. The number of carbonyl (C=O) groups is 3. The Labute approximate surface area is 235 Å². The zero-order chi connectivity index (χ0) is 29.0. The van der Waals surface area contributed by atoms with E-state index in [2.05, 4.69) is 60.8 Å². The highest BCUT2D eigenvalue weighted by Gasteiger charge is 2.37. The molecule has 9 nitrogen and oxygen atoms in total. The van der Waals surface area contributed by atoms with Crippen molar-refractivity contribution in [3.8, 4) is 0 Å². The van der Waals surface area contributed by atoms with Crippen LogP contribution in [0.5, 0.6) is 0 Å². The van der Waals surface area contributed by atoms with Crippen LogP contribution >= 0.6 is 0 Å². The van der Waals surface area contributed by atoms with Gasteiger partial charge in [-0.3, -0.25) is 9.69 Å². The number of likely N-dealkylation sites (N-methyl/N-ethyl adjacent to an activating group) is 1. The first-order chi connectivity index (χ1) is 19.1. The van der Waals surface area contributed by atoms with Crippen LogP contribution in [0.25, 0.3) is 10.9 Å². The normalized spacial score (nSPS) is 24.3. The maximum absolute atomic E-state index is 12.7. The quantitative estimate of drug-likeness (QED) is 0.292. The summed E-state index contributed by atoms with van der Waals surface area (Å²) >= 11 is 0. The fourth-order valence-electron chi connectivity index (χ4n) is 6.27. The van der Waals surface area contributed by atoms with Crippen molar-refractivity contribution < 1.29 is 34.1 Å². The second-order valence-corrected chi connectivity index (χ2v) is 11.3. The van der Waals surface area contributed by atoms with Crippen LogP contribution < -0.4 is 0 Å². The van der Waals surface area contributed by atoms with Crippen molar-refractivity contribution in [2.24, 2.45) is 5.92 Å². The standard InChI is InChI=1S/C27H36N2O3.C4H4O4/c1-17(2)29-15-20-13-25-23(22-6-5-7-24(29)26(20)22)12-18(14-28(25)3)16-32-27(30)19-8-10-21(31-4)11-9-19;5-3(6)1-2-4(7)8/h5-7,12,15,17,19,21,23,25H,8-11,13-14,16H2,1-4H3;1-2H,(H,5,6)(H,7,8)/b;2-1-/t19?,21?,23-,25-;/m1./s1. The molecule has 1 fully saturated rings. The van der Waals surface area contributed by atoms with E-state index in [4.69, 9.17) is 19.7 Å². The topological polar surface area (TPSA) is 118 Å². The third-order valence-electron chi connectivity index (χ3n) is 8.27. The van der Waals surface area contributed by atoms with Crippen LogP contribution in [0.1, 0.15) is 62.6 Å². The van der Waals surface area contributed by atoms with E-state index in [-0.39, 0.29) is 11.9 Å². The molecule has 1 aromatic heterocycles. The average molecular weight is 553 g/mol. The molecule has 1 aromatic carbocycles.